The molecule has 0 heterocycles. The van der Waals surface area contributed by atoms with Crippen molar-refractivity contribution in [3.63, 3.8) is 0 Å². The van der Waals surface area contributed by atoms with Crippen LogP contribution in [0.4, 0.5) is 0 Å². The quantitative estimate of drug-likeness (QED) is 0.298. The average Bonchev–Trinajstić information content (AvgIpc) is 2.31. The summed E-state index contributed by atoms with van der Waals surface area (Å²) in [6.07, 6.45) is 10.7. The zero-order valence-electron chi connectivity index (χ0n) is 11.2. The lowest BCUT2D eigenvalue weighted by atomic mass is 10.1. The molecule has 0 amide bonds. The van der Waals surface area contributed by atoms with Crippen LogP contribution in [0, 0.1) is 13.5 Å². The molecule has 0 bridgehead atoms. The third-order valence-electron chi connectivity index (χ3n) is 2.61. The summed E-state index contributed by atoms with van der Waals surface area (Å²) >= 11 is 0. The summed E-state index contributed by atoms with van der Waals surface area (Å²) in [6.45, 7) is 10.6. The first-order valence-corrected chi connectivity index (χ1v) is 6.66. The Hall–Kier alpha value is -0.790. The molecule has 98 valence electrons. The third-order valence-corrected chi connectivity index (χ3v) is 2.61. The molecule has 0 N–H and O–H groups in total. The molecule has 0 aliphatic heterocycles. The van der Waals surface area contributed by atoms with Crippen LogP contribution in [0.2, 0.25) is 0 Å². The Labute approximate surface area is 106 Å². The standard InChI is InChI=1S/C15H26O2/c1-4-5-6-7-8-9-10-11-12-13-17-15(16)14(2)3/h13H,1-2,4-12H2,3H3. The van der Waals surface area contributed by atoms with Gasteiger partial charge in [0, 0.05) is 5.57 Å². The van der Waals surface area contributed by atoms with Crippen LogP contribution in [-0.2, 0) is 9.53 Å². The van der Waals surface area contributed by atoms with Gasteiger partial charge in [0.25, 0.3) is 0 Å². The minimum absolute atomic E-state index is 0.321. The molecule has 17 heavy (non-hydrogen) atoms. The molecule has 2 radical (unpaired) electrons. The van der Waals surface area contributed by atoms with E-state index in [-0.39, 0.29) is 5.97 Å². The van der Waals surface area contributed by atoms with Crippen molar-refractivity contribution >= 4 is 5.97 Å². The highest BCUT2D eigenvalue weighted by Crippen LogP contribution is 2.10. The molecule has 0 aliphatic rings. The Bertz CT molecular complexity index is 209. The minimum Gasteiger partial charge on any atom is -0.455 e. The van der Waals surface area contributed by atoms with E-state index in [2.05, 4.69) is 13.5 Å². The van der Waals surface area contributed by atoms with Crippen LogP contribution in [0.15, 0.2) is 12.2 Å². The smallest absolute Gasteiger partial charge is 0.333 e. The predicted molar refractivity (Wildman–Crippen MR) is 72.1 cm³/mol. The van der Waals surface area contributed by atoms with Crippen molar-refractivity contribution in [1.82, 2.24) is 0 Å². The zero-order valence-corrected chi connectivity index (χ0v) is 11.2. The van der Waals surface area contributed by atoms with Crippen molar-refractivity contribution in [3.05, 3.63) is 25.7 Å². The number of ether oxygens (including phenoxy) is 1. The molecular formula is C15H26O2. The largest absolute Gasteiger partial charge is 0.455 e. The maximum Gasteiger partial charge on any atom is 0.333 e. The van der Waals surface area contributed by atoms with Gasteiger partial charge in [0.2, 0.25) is 0 Å². The van der Waals surface area contributed by atoms with Gasteiger partial charge in [0.05, 0.1) is 0 Å². The van der Waals surface area contributed by atoms with E-state index in [0.717, 1.165) is 19.3 Å². The van der Waals surface area contributed by atoms with E-state index in [9.17, 15) is 4.79 Å². The maximum absolute atomic E-state index is 11.0. The van der Waals surface area contributed by atoms with E-state index in [1.165, 1.54) is 38.5 Å². The highest BCUT2D eigenvalue weighted by molar-refractivity contribution is 5.87. The SMILES string of the molecule is [CH2]CCCCCCCCC[CH]OC(=O)C(=C)C. The van der Waals surface area contributed by atoms with Gasteiger partial charge in [-0.15, -0.1) is 0 Å². The molecule has 0 aromatic carbocycles. The summed E-state index contributed by atoms with van der Waals surface area (Å²) in [4.78, 5) is 11.0. The fourth-order valence-corrected chi connectivity index (χ4v) is 1.52. The van der Waals surface area contributed by atoms with Gasteiger partial charge in [-0.05, 0) is 19.8 Å². The Balaban J connectivity index is 3.08. The average molecular weight is 238 g/mol. The van der Waals surface area contributed by atoms with Gasteiger partial charge in [0.15, 0.2) is 0 Å². The molecule has 0 aromatic heterocycles. The van der Waals surface area contributed by atoms with Gasteiger partial charge in [0.1, 0.15) is 6.61 Å². The second-order valence-electron chi connectivity index (χ2n) is 4.47. The van der Waals surface area contributed by atoms with Gasteiger partial charge >= 0.3 is 5.97 Å². The van der Waals surface area contributed by atoms with Crippen LogP contribution >= 0.6 is 0 Å². The lowest BCUT2D eigenvalue weighted by Gasteiger charge is -2.03. The highest BCUT2D eigenvalue weighted by Gasteiger charge is 2.02. The molecule has 2 nitrogen and oxygen atoms in total. The zero-order chi connectivity index (χ0) is 12.9. The molecule has 0 spiro atoms. The summed E-state index contributed by atoms with van der Waals surface area (Å²) in [5, 5.41) is 0. The Morgan fingerprint density at radius 1 is 1.06 bits per heavy atom. The fourth-order valence-electron chi connectivity index (χ4n) is 1.52. The molecule has 2 heteroatoms. The number of unbranched alkanes of at least 4 members (excludes halogenated alkanes) is 8. The number of hydrogen-bond acceptors (Lipinski definition) is 2. The molecule has 0 unspecified atom stereocenters. The van der Waals surface area contributed by atoms with Crippen molar-refractivity contribution in [3.8, 4) is 0 Å². The van der Waals surface area contributed by atoms with E-state index in [0.29, 0.717) is 5.57 Å². The minimum atomic E-state index is -0.321. The lowest BCUT2D eigenvalue weighted by molar-refractivity contribution is -0.135. The van der Waals surface area contributed by atoms with Crippen LogP contribution in [0.5, 0.6) is 0 Å². The molecule has 0 fully saturated rings. The summed E-state index contributed by atoms with van der Waals surface area (Å²) in [5.74, 6) is -0.321. The van der Waals surface area contributed by atoms with Gasteiger partial charge in [-0.3, -0.25) is 0 Å². The number of esters is 1. The molecule has 0 aliphatic carbocycles. The normalized spacial score (nSPS) is 10.2. The lowest BCUT2D eigenvalue weighted by Crippen LogP contribution is -2.02. The monoisotopic (exact) mass is 238 g/mol. The van der Waals surface area contributed by atoms with Crippen LogP contribution in [0.3, 0.4) is 0 Å². The first-order valence-electron chi connectivity index (χ1n) is 6.66. The Kier molecular flexibility index (Phi) is 11.1. The van der Waals surface area contributed by atoms with Gasteiger partial charge in [-0.25, -0.2) is 4.79 Å². The van der Waals surface area contributed by atoms with Crippen LogP contribution in [0.25, 0.3) is 0 Å². The number of rotatable bonds is 11. The van der Waals surface area contributed by atoms with E-state index in [1.807, 2.05) is 0 Å². The summed E-state index contributed by atoms with van der Waals surface area (Å²) in [7, 11) is 0. The Morgan fingerprint density at radius 3 is 2.12 bits per heavy atom. The molecule has 0 rings (SSSR count). The molecule has 0 saturated carbocycles. The fraction of sp³-hybridized carbons (Fsp3) is 0.667. The van der Waals surface area contributed by atoms with Crippen LogP contribution in [0.1, 0.15) is 64.7 Å². The van der Waals surface area contributed by atoms with Crippen molar-refractivity contribution in [2.45, 2.75) is 64.7 Å². The summed E-state index contributed by atoms with van der Waals surface area (Å²) < 4.78 is 4.89. The van der Waals surface area contributed by atoms with E-state index >= 15 is 0 Å². The first kappa shape index (κ1) is 16.2. The van der Waals surface area contributed by atoms with E-state index in [4.69, 9.17) is 4.74 Å². The number of hydrogen-bond donors (Lipinski definition) is 0. The van der Waals surface area contributed by atoms with Crippen molar-refractivity contribution in [2.75, 3.05) is 0 Å². The maximum atomic E-state index is 11.0. The molecule has 0 saturated heterocycles. The molecular weight excluding hydrogens is 212 g/mol. The van der Waals surface area contributed by atoms with Crippen LogP contribution in [-0.4, -0.2) is 5.97 Å². The van der Waals surface area contributed by atoms with Crippen molar-refractivity contribution < 1.29 is 9.53 Å². The topological polar surface area (TPSA) is 26.3 Å². The summed E-state index contributed by atoms with van der Waals surface area (Å²) in [5.41, 5.74) is 0.451. The van der Waals surface area contributed by atoms with E-state index < -0.39 is 0 Å². The van der Waals surface area contributed by atoms with Crippen molar-refractivity contribution in [2.24, 2.45) is 0 Å². The molecule has 0 aromatic rings. The second kappa shape index (κ2) is 11.7. The van der Waals surface area contributed by atoms with Gasteiger partial charge in [-0.1, -0.05) is 58.4 Å². The van der Waals surface area contributed by atoms with Crippen LogP contribution < -0.4 is 0 Å². The number of carbonyl (C=O) groups excluding carboxylic acids is 1. The van der Waals surface area contributed by atoms with Gasteiger partial charge in [-0.2, -0.15) is 0 Å². The Morgan fingerprint density at radius 2 is 1.59 bits per heavy atom. The highest BCUT2D eigenvalue weighted by atomic mass is 16.5. The van der Waals surface area contributed by atoms with Gasteiger partial charge < -0.3 is 4.74 Å². The third kappa shape index (κ3) is 11.5. The summed E-state index contributed by atoms with van der Waals surface area (Å²) in [6, 6.07) is 0. The first-order chi connectivity index (χ1) is 8.18. The van der Waals surface area contributed by atoms with E-state index in [1.54, 1.807) is 13.5 Å². The number of carbonyl (C=O) groups is 1. The predicted octanol–water partition coefficient (Wildman–Crippen LogP) is 4.61. The molecule has 0 atom stereocenters. The van der Waals surface area contributed by atoms with Crippen molar-refractivity contribution in [1.29, 1.82) is 0 Å². The second-order valence-corrected chi connectivity index (χ2v) is 4.47.